The van der Waals surface area contributed by atoms with Gasteiger partial charge in [0.15, 0.2) is 0 Å². The summed E-state index contributed by atoms with van der Waals surface area (Å²) < 4.78 is 11.4. The van der Waals surface area contributed by atoms with Gasteiger partial charge in [0.25, 0.3) is 0 Å². The third kappa shape index (κ3) is 4.83. The van der Waals surface area contributed by atoms with Gasteiger partial charge < -0.3 is 20.1 Å². The zero-order chi connectivity index (χ0) is 17.0. The van der Waals surface area contributed by atoms with Crippen LogP contribution in [0.3, 0.4) is 0 Å². The lowest BCUT2D eigenvalue weighted by atomic mass is 9.68. The quantitative estimate of drug-likeness (QED) is 0.787. The highest BCUT2D eigenvalue weighted by Crippen LogP contribution is 2.39. The lowest BCUT2D eigenvalue weighted by Crippen LogP contribution is -2.74. The molecule has 0 aromatic heterocycles. The maximum absolute atomic E-state index is 12.2. The van der Waals surface area contributed by atoms with Crippen molar-refractivity contribution in [3.63, 3.8) is 0 Å². The Balaban J connectivity index is 1.97. The predicted molar refractivity (Wildman–Crippen MR) is 91.5 cm³/mol. The molecule has 2 N–H and O–H groups in total. The van der Waals surface area contributed by atoms with Crippen LogP contribution in [0.1, 0.15) is 66.7 Å². The van der Waals surface area contributed by atoms with Crippen LogP contribution >= 0.6 is 0 Å². The number of rotatable bonds is 6. The number of fused-ring (bicyclic) bond motifs is 1. The van der Waals surface area contributed by atoms with E-state index in [-0.39, 0.29) is 24.3 Å². The first kappa shape index (κ1) is 18.5. The van der Waals surface area contributed by atoms with Gasteiger partial charge in [-0.1, -0.05) is 20.3 Å². The summed E-state index contributed by atoms with van der Waals surface area (Å²) in [6.45, 7) is 10.9. The first-order chi connectivity index (χ1) is 10.9. The molecule has 5 nitrogen and oxygen atoms in total. The van der Waals surface area contributed by atoms with Gasteiger partial charge in [0.05, 0.1) is 18.2 Å². The highest BCUT2D eigenvalue weighted by molar-refractivity contribution is 5.68. The van der Waals surface area contributed by atoms with Crippen molar-refractivity contribution in [1.29, 1.82) is 0 Å². The van der Waals surface area contributed by atoms with Crippen LogP contribution in [0.25, 0.3) is 0 Å². The van der Waals surface area contributed by atoms with Crippen LogP contribution in [0.5, 0.6) is 0 Å². The first-order valence-electron chi connectivity index (χ1n) is 9.23. The Morgan fingerprint density at radius 2 is 2.04 bits per heavy atom. The number of hydrogen-bond acceptors (Lipinski definition) is 4. The first-order valence-corrected chi connectivity index (χ1v) is 9.23. The van der Waals surface area contributed by atoms with Crippen LogP contribution in [0.4, 0.5) is 4.79 Å². The molecule has 1 heterocycles. The Morgan fingerprint density at radius 1 is 1.30 bits per heavy atom. The molecule has 0 radical (unpaired) electrons. The average Bonchev–Trinajstić information content (AvgIpc) is 2.47. The fourth-order valence-electron chi connectivity index (χ4n) is 3.77. The molecule has 5 atom stereocenters. The smallest absolute Gasteiger partial charge is 0.407 e. The highest BCUT2D eigenvalue weighted by atomic mass is 16.6. The Bertz CT molecular complexity index is 394. The average molecular weight is 326 g/mol. The van der Waals surface area contributed by atoms with Crippen molar-refractivity contribution in [2.45, 2.75) is 96.6 Å². The SMILES string of the molecule is CCCC(CC)NC1C(NC(=O)OC(C)(C)C)C2CCCOC21. The largest absolute Gasteiger partial charge is 0.444 e. The van der Waals surface area contributed by atoms with Crippen LogP contribution < -0.4 is 10.6 Å². The van der Waals surface area contributed by atoms with E-state index in [2.05, 4.69) is 24.5 Å². The molecule has 2 fully saturated rings. The molecular formula is C18H34N2O3. The van der Waals surface area contributed by atoms with E-state index in [1.807, 2.05) is 20.8 Å². The van der Waals surface area contributed by atoms with Crippen molar-refractivity contribution in [2.24, 2.45) is 5.92 Å². The van der Waals surface area contributed by atoms with E-state index in [1.165, 1.54) is 0 Å². The van der Waals surface area contributed by atoms with E-state index in [0.717, 1.165) is 38.7 Å². The number of amides is 1. The molecule has 1 saturated heterocycles. The molecule has 0 spiro atoms. The third-order valence-corrected chi connectivity index (χ3v) is 4.86. The van der Waals surface area contributed by atoms with Crippen molar-refractivity contribution in [3.8, 4) is 0 Å². The molecule has 2 rings (SSSR count). The molecular weight excluding hydrogens is 292 g/mol. The number of ether oxygens (including phenoxy) is 2. The summed E-state index contributed by atoms with van der Waals surface area (Å²) in [6, 6.07) is 0.796. The van der Waals surface area contributed by atoms with Gasteiger partial charge in [0.2, 0.25) is 0 Å². The summed E-state index contributed by atoms with van der Waals surface area (Å²) in [6.07, 6.45) is 5.53. The lowest BCUT2D eigenvalue weighted by molar-refractivity contribution is -0.130. The second-order valence-electron chi connectivity index (χ2n) is 7.90. The Kier molecular flexibility index (Phi) is 6.32. The monoisotopic (exact) mass is 326 g/mol. The molecule has 1 amide bonds. The van der Waals surface area contributed by atoms with Gasteiger partial charge in [-0.25, -0.2) is 4.79 Å². The van der Waals surface area contributed by atoms with Gasteiger partial charge in [-0.05, 0) is 46.5 Å². The van der Waals surface area contributed by atoms with Gasteiger partial charge in [-0.15, -0.1) is 0 Å². The van der Waals surface area contributed by atoms with Crippen molar-refractivity contribution < 1.29 is 14.3 Å². The van der Waals surface area contributed by atoms with Gasteiger partial charge in [-0.2, -0.15) is 0 Å². The van der Waals surface area contributed by atoms with Crippen LogP contribution in [0, 0.1) is 5.92 Å². The molecule has 2 aliphatic rings. The minimum atomic E-state index is -0.465. The predicted octanol–water partition coefficient (Wildman–Crippen LogP) is 3.23. The van der Waals surface area contributed by atoms with E-state index in [0.29, 0.717) is 12.0 Å². The minimum absolute atomic E-state index is 0.112. The lowest BCUT2D eigenvalue weighted by Gasteiger charge is -2.55. The molecule has 1 saturated carbocycles. The van der Waals surface area contributed by atoms with Crippen LogP contribution in [0.15, 0.2) is 0 Å². The number of carbonyl (C=O) groups excluding carboxylic acids is 1. The van der Waals surface area contributed by atoms with E-state index in [9.17, 15) is 4.79 Å². The Morgan fingerprint density at radius 3 is 2.65 bits per heavy atom. The van der Waals surface area contributed by atoms with Gasteiger partial charge in [0.1, 0.15) is 5.60 Å². The fourth-order valence-corrected chi connectivity index (χ4v) is 3.77. The maximum atomic E-state index is 12.2. The number of alkyl carbamates (subject to hydrolysis) is 1. The summed E-state index contributed by atoms with van der Waals surface area (Å²) >= 11 is 0. The summed E-state index contributed by atoms with van der Waals surface area (Å²) in [4.78, 5) is 12.2. The summed E-state index contributed by atoms with van der Waals surface area (Å²) in [5.41, 5.74) is -0.465. The van der Waals surface area contributed by atoms with Crippen LogP contribution in [-0.4, -0.2) is 42.5 Å². The fraction of sp³-hybridized carbons (Fsp3) is 0.944. The maximum Gasteiger partial charge on any atom is 0.407 e. The van der Waals surface area contributed by atoms with Crippen LogP contribution in [0.2, 0.25) is 0 Å². The van der Waals surface area contributed by atoms with E-state index < -0.39 is 5.60 Å². The third-order valence-electron chi connectivity index (χ3n) is 4.86. The molecule has 1 aliphatic carbocycles. The standard InChI is InChI=1S/C18H34N2O3/c1-6-9-12(7-2)19-15-14(13-10-8-11-22-16(13)15)20-17(21)23-18(3,4)5/h12-16,19H,6-11H2,1-5H3,(H,20,21). The highest BCUT2D eigenvalue weighted by Gasteiger charge is 2.53. The van der Waals surface area contributed by atoms with Crippen molar-refractivity contribution in [2.75, 3.05) is 6.61 Å². The second-order valence-corrected chi connectivity index (χ2v) is 7.90. The summed E-state index contributed by atoms with van der Waals surface area (Å²) in [5, 5.41) is 6.82. The molecule has 134 valence electrons. The van der Waals surface area contributed by atoms with E-state index in [4.69, 9.17) is 9.47 Å². The van der Waals surface area contributed by atoms with E-state index >= 15 is 0 Å². The molecule has 23 heavy (non-hydrogen) atoms. The Labute approximate surface area is 140 Å². The summed E-state index contributed by atoms with van der Waals surface area (Å²) in [7, 11) is 0. The molecule has 1 aliphatic heterocycles. The topological polar surface area (TPSA) is 59.6 Å². The molecule has 0 bridgehead atoms. The molecule has 5 heteroatoms. The normalized spacial score (nSPS) is 31.7. The zero-order valence-electron chi connectivity index (χ0n) is 15.4. The Hall–Kier alpha value is -0.810. The number of nitrogens with one attached hydrogen (secondary N) is 2. The molecule has 0 aromatic carbocycles. The van der Waals surface area contributed by atoms with Crippen molar-refractivity contribution in [1.82, 2.24) is 10.6 Å². The van der Waals surface area contributed by atoms with E-state index in [1.54, 1.807) is 0 Å². The van der Waals surface area contributed by atoms with Crippen molar-refractivity contribution >= 4 is 6.09 Å². The second kappa shape index (κ2) is 7.84. The summed E-state index contributed by atoms with van der Waals surface area (Å²) in [5.74, 6) is 0.410. The number of carbonyl (C=O) groups is 1. The number of hydrogen-bond donors (Lipinski definition) is 2. The van der Waals surface area contributed by atoms with Crippen LogP contribution in [-0.2, 0) is 9.47 Å². The van der Waals surface area contributed by atoms with Crippen molar-refractivity contribution in [3.05, 3.63) is 0 Å². The van der Waals surface area contributed by atoms with Gasteiger partial charge in [0, 0.05) is 18.6 Å². The zero-order valence-corrected chi connectivity index (χ0v) is 15.4. The molecule has 0 aromatic rings. The minimum Gasteiger partial charge on any atom is -0.444 e. The molecule has 5 unspecified atom stereocenters. The van der Waals surface area contributed by atoms with Gasteiger partial charge >= 0.3 is 6.09 Å². The van der Waals surface area contributed by atoms with Gasteiger partial charge in [-0.3, -0.25) is 0 Å².